The lowest BCUT2D eigenvalue weighted by Gasteiger charge is -2.21. The van der Waals surface area contributed by atoms with E-state index in [0.717, 1.165) is 25.8 Å². The summed E-state index contributed by atoms with van der Waals surface area (Å²) in [5.74, 6) is 0.809. The highest BCUT2D eigenvalue weighted by Gasteiger charge is 2.19. The second-order valence-corrected chi connectivity index (χ2v) is 4.38. The summed E-state index contributed by atoms with van der Waals surface area (Å²) in [7, 11) is 4.10. The Balaban J connectivity index is 2.41. The molecule has 0 amide bonds. The number of carbonyl (C=O) groups is 1. The predicted octanol–water partition coefficient (Wildman–Crippen LogP) is 2.09. The molecule has 0 aromatic heterocycles. The number of ketones is 1. The van der Waals surface area contributed by atoms with Crippen molar-refractivity contribution in [3.05, 3.63) is 0 Å². The van der Waals surface area contributed by atoms with E-state index in [2.05, 4.69) is 4.90 Å². The monoisotopic (exact) mass is 183 g/mol. The average Bonchev–Trinajstić information content (AvgIpc) is 2.04. The molecular weight excluding hydrogens is 162 g/mol. The molecule has 0 bridgehead atoms. The van der Waals surface area contributed by atoms with Gasteiger partial charge in [-0.25, -0.2) is 0 Å². The van der Waals surface area contributed by atoms with Gasteiger partial charge >= 0.3 is 0 Å². The van der Waals surface area contributed by atoms with Crippen LogP contribution in [0.3, 0.4) is 0 Å². The smallest absolute Gasteiger partial charge is 0.137 e. The molecule has 0 saturated heterocycles. The summed E-state index contributed by atoms with van der Waals surface area (Å²) in [6, 6.07) is 0. The first-order valence-corrected chi connectivity index (χ1v) is 5.37. The van der Waals surface area contributed by atoms with Crippen LogP contribution in [0.1, 0.15) is 38.5 Å². The third-order valence-corrected chi connectivity index (χ3v) is 2.77. The Bertz CT molecular complexity index is 165. The Labute approximate surface area is 81.3 Å². The average molecular weight is 183 g/mol. The van der Waals surface area contributed by atoms with Gasteiger partial charge in [-0.3, -0.25) is 4.79 Å². The van der Waals surface area contributed by atoms with Crippen molar-refractivity contribution < 1.29 is 4.79 Å². The van der Waals surface area contributed by atoms with E-state index in [9.17, 15) is 4.79 Å². The van der Waals surface area contributed by atoms with Crippen LogP contribution in [0.4, 0.5) is 0 Å². The minimum absolute atomic E-state index is 0.315. The predicted molar refractivity (Wildman–Crippen MR) is 54.8 cm³/mol. The number of nitrogens with zero attached hydrogens (tertiary/aromatic N) is 1. The van der Waals surface area contributed by atoms with Crippen molar-refractivity contribution in [2.24, 2.45) is 5.92 Å². The van der Waals surface area contributed by atoms with Crippen LogP contribution in [0, 0.1) is 5.92 Å². The van der Waals surface area contributed by atoms with Crippen molar-refractivity contribution in [3.63, 3.8) is 0 Å². The molecule has 2 heteroatoms. The van der Waals surface area contributed by atoms with Gasteiger partial charge in [-0.1, -0.05) is 19.3 Å². The SMILES string of the molecule is CN(C)C[C@H]1CCCCCCC1=O. The topological polar surface area (TPSA) is 20.3 Å². The maximum Gasteiger partial charge on any atom is 0.137 e. The number of carbonyl (C=O) groups excluding carboxylic acids is 1. The summed E-state index contributed by atoms with van der Waals surface area (Å²) in [5.41, 5.74) is 0. The summed E-state index contributed by atoms with van der Waals surface area (Å²) < 4.78 is 0. The first kappa shape index (κ1) is 10.7. The van der Waals surface area contributed by atoms with Crippen molar-refractivity contribution in [2.75, 3.05) is 20.6 Å². The van der Waals surface area contributed by atoms with Crippen LogP contribution >= 0.6 is 0 Å². The van der Waals surface area contributed by atoms with Crippen molar-refractivity contribution in [3.8, 4) is 0 Å². The highest BCUT2D eigenvalue weighted by molar-refractivity contribution is 5.81. The lowest BCUT2D eigenvalue weighted by Crippen LogP contribution is -2.28. The number of hydrogen-bond donors (Lipinski definition) is 0. The van der Waals surface area contributed by atoms with E-state index >= 15 is 0 Å². The summed E-state index contributed by atoms with van der Waals surface area (Å²) in [6.45, 7) is 0.943. The molecule has 0 heterocycles. The highest BCUT2D eigenvalue weighted by atomic mass is 16.1. The largest absolute Gasteiger partial charge is 0.309 e. The fourth-order valence-electron chi connectivity index (χ4n) is 2.04. The zero-order chi connectivity index (χ0) is 9.68. The van der Waals surface area contributed by atoms with Gasteiger partial charge in [0, 0.05) is 18.9 Å². The third kappa shape index (κ3) is 3.90. The van der Waals surface area contributed by atoms with Crippen molar-refractivity contribution >= 4 is 5.78 Å². The van der Waals surface area contributed by atoms with Crippen LogP contribution in [0.2, 0.25) is 0 Å². The quantitative estimate of drug-likeness (QED) is 0.653. The molecule has 0 aromatic rings. The van der Waals surface area contributed by atoms with Crippen molar-refractivity contribution in [2.45, 2.75) is 38.5 Å². The molecule has 0 aromatic carbocycles. The summed E-state index contributed by atoms with van der Waals surface area (Å²) in [6.07, 6.45) is 6.85. The molecule has 0 spiro atoms. The Morgan fingerprint density at radius 3 is 2.62 bits per heavy atom. The first-order valence-electron chi connectivity index (χ1n) is 5.37. The van der Waals surface area contributed by atoms with E-state index in [-0.39, 0.29) is 0 Å². The van der Waals surface area contributed by atoms with Crippen molar-refractivity contribution in [1.82, 2.24) is 4.90 Å². The summed E-state index contributed by atoms with van der Waals surface area (Å²) in [5, 5.41) is 0. The molecule has 0 radical (unpaired) electrons. The minimum atomic E-state index is 0.315. The zero-order valence-corrected chi connectivity index (χ0v) is 8.88. The number of Topliss-reactive ketones (excluding diaryl/α,β-unsaturated/α-hetero) is 1. The van der Waals surface area contributed by atoms with E-state index < -0.39 is 0 Å². The molecule has 1 fully saturated rings. The van der Waals surface area contributed by atoms with Gasteiger partial charge in [0.2, 0.25) is 0 Å². The molecule has 1 saturated carbocycles. The normalized spacial score (nSPS) is 25.8. The Morgan fingerprint density at radius 2 is 1.92 bits per heavy atom. The number of rotatable bonds is 2. The van der Waals surface area contributed by atoms with Crippen LogP contribution < -0.4 is 0 Å². The van der Waals surface area contributed by atoms with Gasteiger partial charge in [0.05, 0.1) is 0 Å². The molecule has 1 rings (SSSR count). The van der Waals surface area contributed by atoms with E-state index in [1.165, 1.54) is 19.3 Å². The van der Waals surface area contributed by atoms with E-state index in [0.29, 0.717) is 11.7 Å². The molecule has 0 unspecified atom stereocenters. The zero-order valence-electron chi connectivity index (χ0n) is 8.88. The van der Waals surface area contributed by atoms with Crippen molar-refractivity contribution in [1.29, 1.82) is 0 Å². The number of hydrogen-bond acceptors (Lipinski definition) is 2. The highest BCUT2D eigenvalue weighted by Crippen LogP contribution is 2.19. The molecule has 0 N–H and O–H groups in total. The van der Waals surface area contributed by atoms with Crippen LogP contribution in [0.15, 0.2) is 0 Å². The van der Waals surface area contributed by atoms with Gasteiger partial charge in [-0.15, -0.1) is 0 Å². The molecule has 1 aliphatic rings. The molecule has 76 valence electrons. The standard InChI is InChI=1S/C11H21NO/c1-12(2)9-10-7-5-3-4-6-8-11(10)13/h10H,3-9H2,1-2H3/t10-/m1/s1. The van der Waals surface area contributed by atoms with Gasteiger partial charge in [0.15, 0.2) is 0 Å². The lowest BCUT2D eigenvalue weighted by molar-refractivity contribution is -0.124. The fraction of sp³-hybridized carbons (Fsp3) is 0.909. The van der Waals surface area contributed by atoms with Crippen LogP contribution in [-0.4, -0.2) is 31.3 Å². The van der Waals surface area contributed by atoms with E-state index in [1.807, 2.05) is 14.1 Å². The first-order chi connectivity index (χ1) is 6.20. The van der Waals surface area contributed by atoms with E-state index in [4.69, 9.17) is 0 Å². The minimum Gasteiger partial charge on any atom is -0.309 e. The Kier molecular flexibility index (Phi) is 4.43. The van der Waals surface area contributed by atoms with Crippen LogP contribution in [0.25, 0.3) is 0 Å². The van der Waals surface area contributed by atoms with Crippen LogP contribution in [-0.2, 0) is 4.79 Å². The third-order valence-electron chi connectivity index (χ3n) is 2.77. The molecule has 1 atom stereocenters. The maximum absolute atomic E-state index is 11.7. The molecule has 13 heavy (non-hydrogen) atoms. The molecule has 0 aliphatic heterocycles. The fourth-order valence-corrected chi connectivity index (χ4v) is 2.04. The Morgan fingerprint density at radius 1 is 1.23 bits per heavy atom. The van der Waals surface area contributed by atoms with Gasteiger partial charge in [0.25, 0.3) is 0 Å². The van der Waals surface area contributed by atoms with Crippen LogP contribution in [0.5, 0.6) is 0 Å². The summed E-state index contributed by atoms with van der Waals surface area (Å²) in [4.78, 5) is 13.8. The van der Waals surface area contributed by atoms with Gasteiger partial charge in [-0.2, -0.15) is 0 Å². The lowest BCUT2D eigenvalue weighted by atomic mass is 9.90. The molecule has 1 aliphatic carbocycles. The van der Waals surface area contributed by atoms with Gasteiger partial charge in [-0.05, 0) is 26.9 Å². The molecular formula is C11H21NO. The second kappa shape index (κ2) is 5.38. The Hall–Kier alpha value is -0.370. The van der Waals surface area contributed by atoms with E-state index in [1.54, 1.807) is 0 Å². The van der Waals surface area contributed by atoms with Gasteiger partial charge in [0.1, 0.15) is 5.78 Å². The maximum atomic E-state index is 11.7. The second-order valence-electron chi connectivity index (χ2n) is 4.38. The summed E-state index contributed by atoms with van der Waals surface area (Å²) >= 11 is 0. The van der Waals surface area contributed by atoms with Gasteiger partial charge < -0.3 is 4.90 Å². The molecule has 2 nitrogen and oxygen atoms in total.